The number of aryl methyl sites for hydroxylation is 2. The van der Waals surface area contributed by atoms with Crippen LogP contribution in [0.4, 0.5) is 5.69 Å². The molecule has 0 aliphatic heterocycles. The van der Waals surface area contributed by atoms with Crippen molar-refractivity contribution in [3.63, 3.8) is 0 Å². The Kier molecular flexibility index (Phi) is 5.50. The zero-order chi connectivity index (χ0) is 19.4. The van der Waals surface area contributed by atoms with Crippen molar-refractivity contribution in [1.29, 1.82) is 0 Å². The van der Waals surface area contributed by atoms with Gasteiger partial charge in [-0.2, -0.15) is 0 Å². The number of hydrogen-bond acceptors (Lipinski definition) is 4. The maximum Gasteiger partial charge on any atom is 0.293 e. The molecule has 1 aromatic heterocycles. The molecule has 3 rings (SSSR count). The average molecular weight is 365 g/mol. The van der Waals surface area contributed by atoms with Gasteiger partial charge in [-0.3, -0.25) is 4.79 Å². The molecule has 0 unspecified atom stereocenters. The number of ether oxygens (including phenoxy) is 2. The summed E-state index contributed by atoms with van der Waals surface area (Å²) in [6.07, 6.45) is 0. The first-order chi connectivity index (χ1) is 13.0. The molecule has 0 spiro atoms. The first-order valence-corrected chi connectivity index (χ1v) is 8.69. The Morgan fingerprint density at radius 1 is 1.04 bits per heavy atom. The van der Waals surface area contributed by atoms with Gasteiger partial charge in [-0.15, -0.1) is 0 Å². The van der Waals surface area contributed by atoms with Gasteiger partial charge >= 0.3 is 0 Å². The van der Waals surface area contributed by atoms with Gasteiger partial charge in [0.25, 0.3) is 5.91 Å². The average Bonchev–Trinajstić information content (AvgIpc) is 3.14. The van der Waals surface area contributed by atoms with Gasteiger partial charge in [0.15, 0.2) is 17.3 Å². The molecule has 0 saturated heterocycles. The molecule has 1 heterocycles. The molecule has 0 fully saturated rings. The normalized spacial score (nSPS) is 10.5. The minimum atomic E-state index is -0.203. The maximum atomic E-state index is 12.7. The van der Waals surface area contributed by atoms with Crippen LogP contribution in [0.3, 0.4) is 0 Å². The number of carbonyl (C=O) groups excluding carboxylic acids is 1. The fourth-order valence-electron chi connectivity index (χ4n) is 2.91. The van der Waals surface area contributed by atoms with E-state index in [0.717, 1.165) is 16.8 Å². The van der Waals surface area contributed by atoms with E-state index in [4.69, 9.17) is 13.9 Å². The second-order valence-corrected chi connectivity index (χ2v) is 6.36. The minimum Gasteiger partial charge on any atom is -0.493 e. The molecule has 0 aliphatic carbocycles. The maximum absolute atomic E-state index is 12.7. The van der Waals surface area contributed by atoms with Crippen LogP contribution < -0.4 is 14.4 Å². The van der Waals surface area contributed by atoms with Gasteiger partial charge in [0, 0.05) is 12.7 Å². The fraction of sp³-hybridized carbons (Fsp3) is 0.227. The zero-order valence-corrected chi connectivity index (χ0v) is 16.0. The lowest BCUT2D eigenvalue weighted by atomic mass is 10.1. The van der Waals surface area contributed by atoms with E-state index >= 15 is 0 Å². The van der Waals surface area contributed by atoms with Crippen LogP contribution in [0.25, 0.3) is 0 Å². The third-order valence-corrected chi connectivity index (χ3v) is 4.33. The first kappa shape index (κ1) is 18.6. The number of anilines is 1. The second kappa shape index (κ2) is 7.99. The monoisotopic (exact) mass is 365 g/mol. The second-order valence-electron chi connectivity index (χ2n) is 6.36. The van der Waals surface area contributed by atoms with Gasteiger partial charge in [-0.05, 0) is 49.7 Å². The quantitative estimate of drug-likeness (QED) is 0.632. The van der Waals surface area contributed by atoms with Crippen LogP contribution in [0, 0.1) is 13.8 Å². The summed E-state index contributed by atoms with van der Waals surface area (Å²) < 4.78 is 16.7. The predicted molar refractivity (Wildman–Crippen MR) is 105 cm³/mol. The standard InChI is InChI=1S/C22H23NO4/c1-15-9-11-18(16(2)13-15)23(3)22(24)21-12-10-17(27-21)14-26-20-8-6-5-7-19(20)25-4/h5-13H,14H2,1-4H3. The molecule has 0 radical (unpaired) electrons. The highest BCUT2D eigenvalue weighted by Gasteiger charge is 2.19. The van der Waals surface area contributed by atoms with E-state index in [9.17, 15) is 4.79 Å². The van der Waals surface area contributed by atoms with Gasteiger partial charge in [0.2, 0.25) is 0 Å². The Morgan fingerprint density at radius 2 is 1.78 bits per heavy atom. The summed E-state index contributed by atoms with van der Waals surface area (Å²) >= 11 is 0. The van der Waals surface area contributed by atoms with Crippen LogP contribution in [0.2, 0.25) is 0 Å². The van der Waals surface area contributed by atoms with E-state index in [2.05, 4.69) is 0 Å². The van der Waals surface area contributed by atoms with E-state index in [1.165, 1.54) is 0 Å². The Morgan fingerprint density at radius 3 is 2.48 bits per heavy atom. The summed E-state index contributed by atoms with van der Waals surface area (Å²) in [5.74, 6) is 1.91. The lowest BCUT2D eigenvalue weighted by molar-refractivity contribution is 0.0962. The van der Waals surface area contributed by atoms with Crippen LogP contribution in [0.15, 0.2) is 59.0 Å². The zero-order valence-electron chi connectivity index (χ0n) is 16.0. The summed E-state index contributed by atoms with van der Waals surface area (Å²) in [4.78, 5) is 14.3. The third kappa shape index (κ3) is 4.14. The van der Waals surface area contributed by atoms with Crippen LogP contribution in [-0.2, 0) is 6.61 Å². The minimum absolute atomic E-state index is 0.203. The van der Waals surface area contributed by atoms with Gasteiger partial charge in [0.05, 0.1) is 7.11 Å². The van der Waals surface area contributed by atoms with Crippen molar-refractivity contribution in [2.45, 2.75) is 20.5 Å². The van der Waals surface area contributed by atoms with Crippen LogP contribution in [-0.4, -0.2) is 20.1 Å². The Hall–Kier alpha value is -3.21. The van der Waals surface area contributed by atoms with Gasteiger partial charge < -0.3 is 18.8 Å². The molecule has 140 valence electrons. The summed E-state index contributed by atoms with van der Waals surface area (Å²) in [7, 11) is 3.34. The number of para-hydroxylation sites is 2. The van der Waals surface area contributed by atoms with Crippen LogP contribution in [0.1, 0.15) is 27.4 Å². The lowest BCUT2D eigenvalue weighted by Gasteiger charge is -2.18. The van der Waals surface area contributed by atoms with E-state index in [0.29, 0.717) is 17.3 Å². The molecule has 0 N–H and O–H groups in total. The fourth-order valence-corrected chi connectivity index (χ4v) is 2.91. The molecule has 5 heteroatoms. The molecule has 2 aromatic carbocycles. The molecular weight excluding hydrogens is 342 g/mol. The predicted octanol–water partition coefficient (Wildman–Crippen LogP) is 4.76. The first-order valence-electron chi connectivity index (χ1n) is 8.69. The van der Waals surface area contributed by atoms with E-state index in [1.54, 1.807) is 31.2 Å². The van der Waals surface area contributed by atoms with Gasteiger partial charge in [-0.25, -0.2) is 0 Å². The van der Waals surface area contributed by atoms with Gasteiger partial charge in [0.1, 0.15) is 12.4 Å². The summed E-state index contributed by atoms with van der Waals surface area (Å²) in [5.41, 5.74) is 3.05. The number of hydrogen-bond donors (Lipinski definition) is 0. The highest BCUT2D eigenvalue weighted by molar-refractivity contribution is 6.04. The van der Waals surface area contributed by atoms with Crippen molar-refractivity contribution in [1.82, 2.24) is 0 Å². The van der Waals surface area contributed by atoms with E-state index in [-0.39, 0.29) is 18.3 Å². The third-order valence-electron chi connectivity index (χ3n) is 4.33. The number of benzene rings is 2. The molecular formula is C22H23NO4. The molecule has 27 heavy (non-hydrogen) atoms. The van der Waals surface area contributed by atoms with Crippen molar-refractivity contribution in [3.8, 4) is 11.5 Å². The molecule has 3 aromatic rings. The SMILES string of the molecule is COc1ccccc1OCc1ccc(C(=O)N(C)c2ccc(C)cc2C)o1. The van der Waals surface area contributed by atoms with Crippen LogP contribution >= 0.6 is 0 Å². The van der Waals surface area contributed by atoms with Crippen molar-refractivity contribution in [2.24, 2.45) is 0 Å². The molecule has 0 bridgehead atoms. The Balaban J connectivity index is 1.70. The van der Waals surface area contributed by atoms with Crippen molar-refractivity contribution < 1.29 is 18.7 Å². The topological polar surface area (TPSA) is 51.9 Å². The molecule has 5 nitrogen and oxygen atoms in total. The number of carbonyl (C=O) groups is 1. The van der Waals surface area contributed by atoms with Gasteiger partial charge in [-0.1, -0.05) is 29.8 Å². The van der Waals surface area contributed by atoms with E-state index in [1.807, 2.05) is 56.3 Å². The smallest absolute Gasteiger partial charge is 0.293 e. The highest BCUT2D eigenvalue weighted by atomic mass is 16.5. The number of rotatable bonds is 6. The summed E-state index contributed by atoms with van der Waals surface area (Å²) in [6, 6.07) is 16.8. The molecule has 1 amide bonds. The molecule has 0 saturated carbocycles. The van der Waals surface area contributed by atoms with Crippen LogP contribution in [0.5, 0.6) is 11.5 Å². The highest BCUT2D eigenvalue weighted by Crippen LogP contribution is 2.27. The summed E-state index contributed by atoms with van der Waals surface area (Å²) in [6.45, 7) is 4.22. The number of methoxy groups -OCH3 is 1. The number of furan rings is 1. The number of amides is 1. The van der Waals surface area contributed by atoms with Crippen molar-refractivity contribution >= 4 is 11.6 Å². The van der Waals surface area contributed by atoms with Crippen molar-refractivity contribution in [3.05, 3.63) is 77.2 Å². The lowest BCUT2D eigenvalue weighted by Crippen LogP contribution is -2.26. The largest absolute Gasteiger partial charge is 0.493 e. The Bertz CT molecular complexity index is 945. The van der Waals surface area contributed by atoms with E-state index < -0.39 is 0 Å². The van der Waals surface area contributed by atoms with Crippen molar-refractivity contribution in [2.75, 3.05) is 19.1 Å². The Labute approximate surface area is 159 Å². The summed E-state index contributed by atoms with van der Waals surface area (Å²) in [5, 5.41) is 0. The molecule has 0 aliphatic rings. The molecule has 0 atom stereocenters. The number of nitrogens with zero attached hydrogens (tertiary/aromatic N) is 1.